The molecule has 0 atom stereocenters. The summed E-state index contributed by atoms with van der Waals surface area (Å²) in [6.45, 7) is 2.47. The lowest BCUT2D eigenvalue weighted by Crippen LogP contribution is -2.06. The molecule has 0 unspecified atom stereocenters. The van der Waals surface area contributed by atoms with Gasteiger partial charge < -0.3 is 14.7 Å². The molecule has 3 rings (SSSR count). The summed E-state index contributed by atoms with van der Waals surface area (Å²) in [5.74, 6) is -0.264. The molecule has 0 saturated heterocycles. The highest BCUT2D eigenvalue weighted by molar-refractivity contribution is 5.98. The summed E-state index contributed by atoms with van der Waals surface area (Å²) in [5.41, 5.74) is 3.38. The fraction of sp³-hybridized carbons (Fsp3) is 0.190. The summed E-state index contributed by atoms with van der Waals surface area (Å²) in [6.07, 6.45) is 3.59. The van der Waals surface area contributed by atoms with E-state index >= 15 is 0 Å². The van der Waals surface area contributed by atoms with Crippen molar-refractivity contribution < 1.29 is 19.5 Å². The lowest BCUT2D eigenvalue weighted by atomic mass is 10.1. The summed E-state index contributed by atoms with van der Waals surface area (Å²) >= 11 is 0. The van der Waals surface area contributed by atoms with Crippen molar-refractivity contribution in [2.24, 2.45) is 5.16 Å². The smallest absolute Gasteiger partial charge is 0.307 e. The van der Waals surface area contributed by atoms with Gasteiger partial charge in [-0.05, 0) is 48.4 Å². The summed E-state index contributed by atoms with van der Waals surface area (Å²) in [4.78, 5) is 16.1. The Morgan fingerprint density at radius 2 is 1.96 bits per heavy atom. The summed E-state index contributed by atoms with van der Waals surface area (Å²) < 4.78 is 7.36. The molecule has 0 aliphatic rings. The highest BCUT2D eigenvalue weighted by Crippen LogP contribution is 2.14. The Morgan fingerprint density at radius 3 is 2.68 bits per heavy atom. The maximum atomic E-state index is 10.8. The second kappa shape index (κ2) is 9.36. The molecule has 0 amide bonds. The van der Waals surface area contributed by atoms with Crippen LogP contribution in [0.3, 0.4) is 0 Å². The largest absolute Gasteiger partial charge is 0.490 e. The number of carboxylic acid groups (broad SMARTS) is 1. The van der Waals surface area contributed by atoms with E-state index in [4.69, 9.17) is 14.7 Å². The number of benzene rings is 2. The Labute approximate surface area is 162 Å². The molecule has 1 N–H and O–H groups in total. The van der Waals surface area contributed by atoms with Crippen molar-refractivity contribution in [1.82, 2.24) is 9.78 Å². The van der Waals surface area contributed by atoms with Gasteiger partial charge in [0.1, 0.15) is 12.4 Å². The molecule has 0 radical (unpaired) electrons. The minimum absolute atomic E-state index is 0.0314. The van der Waals surface area contributed by atoms with Gasteiger partial charge in [-0.3, -0.25) is 4.79 Å². The molecule has 0 aliphatic carbocycles. The average Bonchev–Trinajstić information content (AvgIpc) is 3.22. The molecule has 28 heavy (non-hydrogen) atoms. The van der Waals surface area contributed by atoms with Gasteiger partial charge in [-0.1, -0.05) is 29.4 Å². The van der Waals surface area contributed by atoms with E-state index in [-0.39, 0.29) is 13.0 Å². The number of carbonyl (C=O) groups is 1. The van der Waals surface area contributed by atoms with Crippen LogP contribution in [0.4, 0.5) is 0 Å². The van der Waals surface area contributed by atoms with E-state index in [1.807, 2.05) is 43.5 Å². The van der Waals surface area contributed by atoms with Crippen LogP contribution in [0.5, 0.6) is 5.75 Å². The standard InChI is InChI=1S/C21H21N3O4/c1-16(18-6-8-19(9-7-18)24-11-3-10-22-24)23-28-13-12-27-20-5-2-4-17(14-20)15-21(25)26/h2-11,14H,12-13,15H2,1H3,(H,25,26). The van der Waals surface area contributed by atoms with Crippen molar-refractivity contribution >= 4 is 11.7 Å². The molecule has 0 bridgehead atoms. The normalized spacial score (nSPS) is 11.2. The SMILES string of the molecule is CC(=NOCCOc1cccc(CC(=O)O)c1)c1ccc(-n2cccn2)cc1. The Hall–Kier alpha value is -3.61. The van der Waals surface area contributed by atoms with Gasteiger partial charge in [0.05, 0.1) is 17.8 Å². The van der Waals surface area contributed by atoms with Gasteiger partial charge in [0.25, 0.3) is 0 Å². The predicted octanol–water partition coefficient (Wildman–Crippen LogP) is 3.32. The van der Waals surface area contributed by atoms with Crippen molar-refractivity contribution in [1.29, 1.82) is 0 Å². The van der Waals surface area contributed by atoms with Crippen molar-refractivity contribution in [3.05, 3.63) is 78.1 Å². The maximum Gasteiger partial charge on any atom is 0.307 e. The second-order valence-corrected chi connectivity index (χ2v) is 6.07. The summed E-state index contributed by atoms with van der Waals surface area (Å²) in [7, 11) is 0. The van der Waals surface area contributed by atoms with Crippen molar-refractivity contribution in [2.75, 3.05) is 13.2 Å². The highest BCUT2D eigenvalue weighted by atomic mass is 16.6. The molecule has 0 spiro atoms. The first-order valence-electron chi connectivity index (χ1n) is 8.82. The minimum atomic E-state index is -0.872. The van der Waals surface area contributed by atoms with Crippen LogP contribution < -0.4 is 4.74 Å². The van der Waals surface area contributed by atoms with Gasteiger partial charge in [-0.25, -0.2) is 4.68 Å². The van der Waals surface area contributed by atoms with E-state index in [1.165, 1.54) is 0 Å². The monoisotopic (exact) mass is 379 g/mol. The highest BCUT2D eigenvalue weighted by Gasteiger charge is 2.03. The first-order chi connectivity index (χ1) is 13.6. The summed E-state index contributed by atoms with van der Waals surface area (Å²) in [5, 5.41) is 17.1. The maximum absolute atomic E-state index is 10.8. The first-order valence-corrected chi connectivity index (χ1v) is 8.82. The van der Waals surface area contributed by atoms with Crippen LogP contribution in [-0.4, -0.2) is 39.8 Å². The molecule has 1 aromatic heterocycles. The zero-order chi connectivity index (χ0) is 19.8. The first kappa shape index (κ1) is 19.2. The van der Waals surface area contributed by atoms with E-state index in [1.54, 1.807) is 35.1 Å². The topological polar surface area (TPSA) is 85.9 Å². The van der Waals surface area contributed by atoms with Crippen molar-refractivity contribution in [3.8, 4) is 11.4 Å². The molecule has 7 nitrogen and oxygen atoms in total. The number of hydrogen-bond donors (Lipinski definition) is 1. The van der Waals surface area contributed by atoms with Gasteiger partial charge in [0.15, 0.2) is 6.61 Å². The molecule has 3 aromatic rings. The van der Waals surface area contributed by atoms with Gasteiger partial charge in [-0.2, -0.15) is 5.10 Å². The van der Waals surface area contributed by atoms with Crippen LogP contribution in [0.25, 0.3) is 5.69 Å². The third kappa shape index (κ3) is 5.44. The number of nitrogens with zero attached hydrogens (tertiary/aromatic N) is 3. The van der Waals surface area contributed by atoms with Crippen molar-refractivity contribution in [2.45, 2.75) is 13.3 Å². The van der Waals surface area contributed by atoms with E-state index in [9.17, 15) is 4.79 Å². The number of rotatable bonds is 9. The lowest BCUT2D eigenvalue weighted by Gasteiger charge is -2.07. The van der Waals surface area contributed by atoms with Gasteiger partial charge in [0, 0.05) is 12.4 Å². The van der Waals surface area contributed by atoms with E-state index in [0.29, 0.717) is 17.9 Å². The molecule has 1 heterocycles. The van der Waals surface area contributed by atoms with Crippen LogP contribution in [0.15, 0.2) is 72.1 Å². The van der Waals surface area contributed by atoms with Gasteiger partial charge in [-0.15, -0.1) is 0 Å². The second-order valence-electron chi connectivity index (χ2n) is 6.07. The predicted molar refractivity (Wildman–Crippen MR) is 105 cm³/mol. The lowest BCUT2D eigenvalue weighted by molar-refractivity contribution is -0.136. The number of hydrogen-bond acceptors (Lipinski definition) is 5. The third-order valence-corrected chi connectivity index (χ3v) is 3.95. The quantitative estimate of drug-likeness (QED) is 0.350. The van der Waals surface area contributed by atoms with Crippen LogP contribution in [0, 0.1) is 0 Å². The number of aliphatic carboxylic acids is 1. The number of ether oxygens (including phenoxy) is 1. The zero-order valence-electron chi connectivity index (χ0n) is 15.5. The molecule has 0 saturated carbocycles. The van der Waals surface area contributed by atoms with Crippen LogP contribution in [-0.2, 0) is 16.1 Å². The number of carboxylic acids is 1. The molecule has 0 fully saturated rings. The van der Waals surface area contributed by atoms with Crippen LogP contribution in [0.2, 0.25) is 0 Å². The third-order valence-electron chi connectivity index (χ3n) is 3.95. The van der Waals surface area contributed by atoms with Crippen LogP contribution in [0.1, 0.15) is 18.1 Å². The molecule has 2 aromatic carbocycles. The van der Waals surface area contributed by atoms with E-state index in [0.717, 1.165) is 17.0 Å². The molecule has 0 aliphatic heterocycles. The molecular weight excluding hydrogens is 358 g/mol. The average molecular weight is 379 g/mol. The van der Waals surface area contributed by atoms with E-state index in [2.05, 4.69) is 10.3 Å². The molecule has 7 heteroatoms. The fourth-order valence-electron chi connectivity index (χ4n) is 2.59. The number of oxime groups is 1. The Kier molecular flexibility index (Phi) is 6.41. The molecule has 144 valence electrons. The fourth-order valence-corrected chi connectivity index (χ4v) is 2.59. The number of aromatic nitrogens is 2. The van der Waals surface area contributed by atoms with Gasteiger partial charge in [0.2, 0.25) is 0 Å². The Balaban J connectivity index is 1.46. The Bertz CT molecular complexity index is 935. The zero-order valence-corrected chi connectivity index (χ0v) is 15.5. The van der Waals surface area contributed by atoms with Crippen molar-refractivity contribution in [3.63, 3.8) is 0 Å². The van der Waals surface area contributed by atoms with Gasteiger partial charge >= 0.3 is 5.97 Å². The van der Waals surface area contributed by atoms with E-state index < -0.39 is 5.97 Å². The summed E-state index contributed by atoms with van der Waals surface area (Å²) in [6, 6.07) is 16.7. The minimum Gasteiger partial charge on any atom is -0.490 e. The van der Waals surface area contributed by atoms with Crippen LogP contribution >= 0.6 is 0 Å². The molecular formula is C21H21N3O4. The Morgan fingerprint density at radius 1 is 1.14 bits per heavy atom.